The van der Waals surface area contributed by atoms with Crippen molar-refractivity contribution >= 4 is 39.8 Å². The summed E-state index contributed by atoms with van der Waals surface area (Å²) in [6.45, 7) is 0.717. The first kappa shape index (κ1) is 17.0. The van der Waals surface area contributed by atoms with Gasteiger partial charge in [-0.15, -0.1) is 0 Å². The predicted molar refractivity (Wildman–Crippen MR) is 107 cm³/mol. The molecule has 4 rings (SSSR count). The number of nitrogens with zero attached hydrogens (tertiary/aromatic N) is 4. The van der Waals surface area contributed by atoms with Crippen molar-refractivity contribution in [1.29, 1.82) is 0 Å². The highest BCUT2D eigenvalue weighted by Gasteiger charge is 2.12. The van der Waals surface area contributed by atoms with Crippen LogP contribution in [-0.2, 0) is 0 Å². The summed E-state index contributed by atoms with van der Waals surface area (Å²) in [4.78, 5) is 10.5. The molecule has 0 aliphatic rings. The lowest BCUT2D eigenvalue weighted by atomic mass is 10.2. The molecule has 0 aliphatic carbocycles. The number of para-hydroxylation sites is 1. The summed E-state index contributed by atoms with van der Waals surface area (Å²) in [5, 5.41) is 14.2. The molecule has 0 saturated carbocycles. The average Bonchev–Trinajstić information content (AvgIpc) is 3.08. The van der Waals surface area contributed by atoms with E-state index < -0.39 is 0 Å². The van der Waals surface area contributed by atoms with Gasteiger partial charge in [0.2, 0.25) is 0 Å². The van der Waals surface area contributed by atoms with Gasteiger partial charge in [0.05, 0.1) is 12.8 Å². The van der Waals surface area contributed by atoms with E-state index in [-0.39, 0.29) is 6.61 Å². The first-order chi connectivity index (χ1) is 13.3. The van der Waals surface area contributed by atoms with Crippen LogP contribution >= 0.6 is 0 Å². The summed E-state index contributed by atoms with van der Waals surface area (Å²) < 4.78 is 5.86. The molecule has 0 unspecified atom stereocenters. The molecule has 0 aliphatic heterocycles. The summed E-state index contributed by atoms with van der Waals surface area (Å²) in [6, 6.07) is 15.6. The molecule has 0 atom stereocenters. The Hall–Kier alpha value is -3.45. The summed E-state index contributed by atoms with van der Waals surface area (Å²) >= 11 is 0. The molecule has 2 N–H and O–H groups in total. The SMILES string of the molecule is CN(CCO)c1ccc(/C=N\Nc2ncnc3c2oc2ccccc23)cc1. The van der Waals surface area contributed by atoms with Crippen LogP contribution in [0.3, 0.4) is 0 Å². The zero-order valence-electron chi connectivity index (χ0n) is 14.8. The van der Waals surface area contributed by atoms with E-state index in [4.69, 9.17) is 9.52 Å². The van der Waals surface area contributed by atoms with E-state index in [1.165, 1.54) is 6.33 Å². The van der Waals surface area contributed by atoms with Crippen molar-refractivity contribution < 1.29 is 9.52 Å². The van der Waals surface area contributed by atoms with Crippen molar-refractivity contribution in [3.05, 3.63) is 60.4 Å². The first-order valence-electron chi connectivity index (χ1n) is 8.59. The van der Waals surface area contributed by atoms with E-state index in [0.717, 1.165) is 27.7 Å². The number of aliphatic hydroxyl groups is 1. The highest BCUT2D eigenvalue weighted by Crippen LogP contribution is 2.30. The topological polar surface area (TPSA) is 86.8 Å². The van der Waals surface area contributed by atoms with Gasteiger partial charge < -0.3 is 14.4 Å². The third-order valence-electron chi connectivity index (χ3n) is 4.31. The fraction of sp³-hybridized carbons (Fsp3) is 0.150. The molecule has 0 fully saturated rings. The number of rotatable bonds is 6. The third-order valence-corrected chi connectivity index (χ3v) is 4.31. The van der Waals surface area contributed by atoms with Crippen molar-refractivity contribution in [2.75, 3.05) is 30.5 Å². The molecule has 0 radical (unpaired) electrons. The fourth-order valence-electron chi connectivity index (χ4n) is 2.87. The van der Waals surface area contributed by atoms with Gasteiger partial charge in [0.25, 0.3) is 0 Å². The quantitative estimate of drug-likeness (QED) is 0.405. The molecule has 0 amide bonds. The second-order valence-corrected chi connectivity index (χ2v) is 6.10. The Morgan fingerprint density at radius 3 is 2.78 bits per heavy atom. The van der Waals surface area contributed by atoms with Gasteiger partial charge >= 0.3 is 0 Å². The Bertz CT molecular complexity index is 1090. The van der Waals surface area contributed by atoms with Gasteiger partial charge in [0.1, 0.15) is 17.4 Å². The molecule has 0 spiro atoms. The van der Waals surface area contributed by atoms with Crippen LogP contribution in [-0.4, -0.2) is 41.5 Å². The number of aliphatic hydroxyl groups excluding tert-OH is 1. The van der Waals surface area contributed by atoms with Crippen LogP contribution in [0, 0.1) is 0 Å². The van der Waals surface area contributed by atoms with Gasteiger partial charge in [-0.1, -0.05) is 24.3 Å². The number of benzene rings is 2. The van der Waals surface area contributed by atoms with Crippen molar-refractivity contribution in [2.45, 2.75) is 0 Å². The summed E-state index contributed by atoms with van der Waals surface area (Å²) in [6.07, 6.45) is 3.21. The van der Waals surface area contributed by atoms with Gasteiger partial charge in [0, 0.05) is 24.7 Å². The van der Waals surface area contributed by atoms with Crippen LogP contribution in [0.15, 0.2) is 64.4 Å². The van der Waals surface area contributed by atoms with Gasteiger partial charge in [0.15, 0.2) is 11.4 Å². The average molecular weight is 361 g/mol. The molecular formula is C20H19N5O2. The minimum Gasteiger partial charge on any atom is -0.450 e. The molecule has 2 aromatic heterocycles. The van der Waals surface area contributed by atoms with E-state index in [0.29, 0.717) is 17.9 Å². The van der Waals surface area contributed by atoms with E-state index >= 15 is 0 Å². The second-order valence-electron chi connectivity index (χ2n) is 6.10. The Morgan fingerprint density at radius 2 is 1.96 bits per heavy atom. The van der Waals surface area contributed by atoms with Gasteiger partial charge in [-0.05, 0) is 29.8 Å². The molecule has 7 heteroatoms. The highest BCUT2D eigenvalue weighted by atomic mass is 16.3. The standard InChI is InChI=1S/C20H19N5O2/c1-25(10-11-26)15-8-6-14(7-9-15)12-23-24-20-19-18(21-13-22-20)16-4-2-3-5-17(16)27-19/h2-9,12-13,26H,10-11H2,1H3,(H,21,22,24)/b23-12-. The number of likely N-dealkylation sites (N-methyl/N-ethyl adjacent to an activating group) is 1. The van der Waals surface area contributed by atoms with Gasteiger partial charge in [-0.2, -0.15) is 5.10 Å². The maximum atomic E-state index is 9.01. The number of furan rings is 1. The van der Waals surface area contributed by atoms with Crippen molar-refractivity contribution in [2.24, 2.45) is 5.10 Å². The monoisotopic (exact) mass is 361 g/mol. The molecule has 136 valence electrons. The molecule has 2 heterocycles. The fourth-order valence-corrected chi connectivity index (χ4v) is 2.87. The van der Waals surface area contributed by atoms with E-state index in [2.05, 4.69) is 20.5 Å². The Labute approximate surface area is 156 Å². The van der Waals surface area contributed by atoms with Crippen molar-refractivity contribution in [3.63, 3.8) is 0 Å². The predicted octanol–water partition coefficient (Wildman–Crippen LogP) is 3.25. The number of aromatic nitrogens is 2. The highest BCUT2D eigenvalue weighted by molar-refractivity contribution is 6.05. The Morgan fingerprint density at radius 1 is 1.15 bits per heavy atom. The van der Waals surface area contributed by atoms with Crippen LogP contribution < -0.4 is 10.3 Å². The minimum absolute atomic E-state index is 0.124. The lowest BCUT2D eigenvalue weighted by Crippen LogP contribution is -2.20. The Kier molecular flexibility index (Phi) is 4.67. The van der Waals surface area contributed by atoms with Gasteiger partial charge in [-0.3, -0.25) is 5.43 Å². The first-order valence-corrected chi connectivity index (χ1v) is 8.59. The number of nitrogens with one attached hydrogen (secondary N) is 1. The number of hydrazone groups is 1. The normalized spacial score (nSPS) is 11.5. The molecule has 7 nitrogen and oxygen atoms in total. The smallest absolute Gasteiger partial charge is 0.197 e. The summed E-state index contributed by atoms with van der Waals surface area (Å²) in [5.41, 5.74) is 7.02. The maximum absolute atomic E-state index is 9.01. The Balaban J connectivity index is 1.53. The number of hydrogen-bond acceptors (Lipinski definition) is 7. The number of hydrogen-bond donors (Lipinski definition) is 2. The molecule has 4 aromatic rings. The third kappa shape index (κ3) is 3.45. The van der Waals surface area contributed by atoms with Crippen molar-refractivity contribution in [3.8, 4) is 0 Å². The van der Waals surface area contributed by atoms with E-state index in [9.17, 15) is 0 Å². The van der Waals surface area contributed by atoms with E-state index in [1.54, 1.807) is 6.21 Å². The summed E-state index contributed by atoms with van der Waals surface area (Å²) in [5.74, 6) is 0.520. The molecule has 0 saturated heterocycles. The lowest BCUT2D eigenvalue weighted by molar-refractivity contribution is 0.304. The van der Waals surface area contributed by atoms with Crippen LogP contribution in [0.1, 0.15) is 5.56 Å². The van der Waals surface area contributed by atoms with Gasteiger partial charge in [-0.25, -0.2) is 9.97 Å². The number of anilines is 2. The largest absolute Gasteiger partial charge is 0.450 e. The van der Waals surface area contributed by atoms with Crippen LogP contribution in [0.2, 0.25) is 0 Å². The van der Waals surface area contributed by atoms with Crippen molar-refractivity contribution in [1.82, 2.24) is 9.97 Å². The zero-order chi connectivity index (χ0) is 18.6. The maximum Gasteiger partial charge on any atom is 0.197 e. The van der Waals surface area contributed by atoms with E-state index in [1.807, 2.05) is 60.5 Å². The minimum atomic E-state index is 0.124. The molecular weight excluding hydrogens is 342 g/mol. The zero-order valence-corrected chi connectivity index (χ0v) is 14.8. The molecule has 2 aromatic carbocycles. The number of fused-ring (bicyclic) bond motifs is 3. The van der Waals surface area contributed by atoms with Crippen LogP contribution in [0.5, 0.6) is 0 Å². The molecule has 27 heavy (non-hydrogen) atoms. The van der Waals surface area contributed by atoms with Crippen LogP contribution in [0.25, 0.3) is 22.1 Å². The lowest BCUT2D eigenvalue weighted by Gasteiger charge is -2.17. The molecule has 0 bridgehead atoms. The second kappa shape index (κ2) is 7.43. The van der Waals surface area contributed by atoms with Crippen LogP contribution in [0.4, 0.5) is 11.5 Å². The summed E-state index contributed by atoms with van der Waals surface area (Å²) in [7, 11) is 1.94.